The van der Waals surface area contributed by atoms with Crippen LogP contribution in [0, 0.1) is 0 Å². The van der Waals surface area contributed by atoms with Crippen LogP contribution in [-0.2, 0) is 72.6 Å². The van der Waals surface area contributed by atoms with Gasteiger partial charge < -0.3 is 0 Å². The molecule has 0 aliphatic heterocycles. The van der Waals surface area contributed by atoms with E-state index in [1.165, 1.54) is 0 Å². The predicted octanol–water partition coefficient (Wildman–Crippen LogP) is -0.0100. The second-order valence-corrected chi connectivity index (χ2v) is 0. The molecule has 0 atom stereocenters. The van der Waals surface area contributed by atoms with E-state index < -0.39 is 0 Å². The maximum Gasteiger partial charge on any atom is 0 e. The van der Waals surface area contributed by atoms with E-state index in [2.05, 4.69) is 0 Å². The van der Waals surface area contributed by atoms with Gasteiger partial charge in [-0.15, -0.1) is 0 Å². The van der Waals surface area contributed by atoms with Gasteiger partial charge in [0.15, 0.2) is 0 Å². The molecular weight excluding hydrogens is 267 g/mol. The Hall–Kier alpha value is 2.26. The van der Waals surface area contributed by atoms with Crippen LogP contribution in [0.2, 0.25) is 0 Å². The molecule has 4 heteroatoms. The fourth-order valence-electron chi connectivity index (χ4n) is 0. The molecule has 0 saturated carbocycles. The summed E-state index contributed by atoms with van der Waals surface area (Å²) in [7, 11) is 0. The van der Waals surface area contributed by atoms with Gasteiger partial charge in [0.2, 0.25) is 0 Å². The SMILES string of the molecule is [Cr].[Cu].[Fe].[Mo]. The summed E-state index contributed by atoms with van der Waals surface area (Å²) in [5.74, 6) is 0. The normalized spacial score (nSPS) is 0. The topological polar surface area (TPSA) is 0 Å². The average molecular weight is 267 g/mol. The van der Waals surface area contributed by atoms with Crippen LogP contribution < -0.4 is 0 Å². The molecule has 4 heavy (non-hydrogen) atoms. The molecular formula is CrCuFeMo. The summed E-state index contributed by atoms with van der Waals surface area (Å²) >= 11 is 0. The third kappa shape index (κ3) is 8.86. The maximum atomic E-state index is 0. The van der Waals surface area contributed by atoms with Crippen LogP contribution in [0.5, 0.6) is 0 Å². The van der Waals surface area contributed by atoms with Gasteiger partial charge in [-0.3, -0.25) is 0 Å². The van der Waals surface area contributed by atoms with Gasteiger partial charge in [-0.2, -0.15) is 0 Å². The third-order valence-corrected chi connectivity index (χ3v) is 0. The van der Waals surface area contributed by atoms with Crippen molar-refractivity contribution in [2.45, 2.75) is 0 Å². The molecule has 0 aromatic carbocycles. The van der Waals surface area contributed by atoms with Crippen molar-refractivity contribution < 1.29 is 72.6 Å². The average Bonchev–Trinajstić information content (AvgIpc) is 0. The Morgan fingerprint density at radius 1 is 1.00 bits per heavy atom. The van der Waals surface area contributed by atoms with Gasteiger partial charge in [-0.05, 0) is 0 Å². The molecule has 0 aromatic heterocycles. The van der Waals surface area contributed by atoms with Crippen molar-refractivity contribution in [1.82, 2.24) is 0 Å². The first-order valence-electron chi connectivity index (χ1n) is 0. The van der Waals surface area contributed by atoms with E-state index in [0.29, 0.717) is 0 Å². The molecule has 0 aromatic rings. The first-order valence-corrected chi connectivity index (χ1v) is 0. The van der Waals surface area contributed by atoms with Crippen molar-refractivity contribution >= 4 is 0 Å². The zero-order chi connectivity index (χ0) is 0. The molecule has 0 nitrogen and oxygen atoms in total. The molecule has 31 valence electrons. The van der Waals surface area contributed by atoms with Crippen LogP contribution in [0.15, 0.2) is 0 Å². The fourth-order valence-corrected chi connectivity index (χ4v) is 0. The Balaban J connectivity index is 0. The Morgan fingerprint density at radius 3 is 1.00 bits per heavy atom. The number of rotatable bonds is 0. The van der Waals surface area contributed by atoms with Crippen LogP contribution in [-0.4, -0.2) is 0 Å². The molecule has 0 bridgehead atoms. The van der Waals surface area contributed by atoms with E-state index in [1.807, 2.05) is 0 Å². The van der Waals surface area contributed by atoms with Gasteiger partial charge in [0.05, 0.1) is 0 Å². The molecule has 0 saturated heterocycles. The Kier molecular flexibility index (Phi) is 158. The van der Waals surface area contributed by atoms with Gasteiger partial charge in [0.1, 0.15) is 0 Å². The van der Waals surface area contributed by atoms with Gasteiger partial charge in [0, 0.05) is 72.6 Å². The molecule has 0 aliphatic carbocycles. The van der Waals surface area contributed by atoms with Crippen molar-refractivity contribution in [3.8, 4) is 0 Å². The van der Waals surface area contributed by atoms with E-state index in [1.54, 1.807) is 0 Å². The molecule has 0 fully saturated rings. The largest absolute Gasteiger partial charge is 0 e. The van der Waals surface area contributed by atoms with Crippen LogP contribution in [0.3, 0.4) is 0 Å². The van der Waals surface area contributed by atoms with E-state index >= 15 is 0 Å². The van der Waals surface area contributed by atoms with Gasteiger partial charge in [-0.25, -0.2) is 0 Å². The molecule has 0 spiro atoms. The van der Waals surface area contributed by atoms with Crippen molar-refractivity contribution in [3.05, 3.63) is 0 Å². The third-order valence-electron chi connectivity index (χ3n) is 0. The second kappa shape index (κ2) is 18.7. The molecule has 0 aliphatic rings. The summed E-state index contributed by atoms with van der Waals surface area (Å²) in [6, 6.07) is 0. The molecule has 0 heterocycles. The summed E-state index contributed by atoms with van der Waals surface area (Å²) < 4.78 is 0. The van der Waals surface area contributed by atoms with E-state index in [4.69, 9.17) is 0 Å². The van der Waals surface area contributed by atoms with Crippen molar-refractivity contribution in [3.63, 3.8) is 0 Å². The predicted molar refractivity (Wildman–Crippen MR) is 0 cm³/mol. The van der Waals surface area contributed by atoms with E-state index in [9.17, 15) is 0 Å². The fraction of sp³-hybridized carbons (Fsp3) is 0. The smallest absolute Gasteiger partial charge is 0 e. The van der Waals surface area contributed by atoms with Crippen LogP contribution >= 0.6 is 0 Å². The Labute approximate surface area is 71.8 Å². The molecule has 0 N–H and O–H groups in total. The summed E-state index contributed by atoms with van der Waals surface area (Å²) in [5.41, 5.74) is 0. The minimum absolute atomic E-state index is 0. The molecule has 0 amide bonds. The van der Waals surface area contributed by atoms with Gasteiger partial charge >= 0.3 is 0 Å². The summed E-state index contributed by atoms with van der Waals surface area (Å²) in [6.07, 6.45) is 0. The maximum absolute atomic E-state index is 0. The standard InChI is InChI=1S/Cr.Cu.Fe.Mo. The zero-order valence-corrected chi connectivity index (χ0v) is 6.80. The minimum atomic E-state index is 0. The first kappa shape index (κ1) is 33.9. The van der Waals surface area contributed by atoms with E-state index in [-0.39, 0.29) is 72.6 Å². The molecule has 0 rings (SSSR count). The minimum Gasteiger partial charge on any atom is 0 e. The van der Waals surface area contributed by atoms with Crippen molar-refractivity contribution in [2.24, 2.45) is 0 Å². The van der Waals surface area contributed by atoms with Crippen LogP contribution in [0.25, 0.3) is 0 Å². The quantitative estimate of drug-likeness (QED) is 0.542. The van der Waals surface area contributed by atoms with Crippen molar-refractivity contribution in [2.75, 3.05) is 0 Å². The Morgan fingerprint density at radius 2 is 1.00 bits per heavy atom. The number of hydrogen-bond donors (Lipinski definition) is 0. The first-order chi connectivity index (χ1) is 0. The molecule has 0 unspecified atom stereocenters. The van der Waals surface area contributed by atoms with Gasteiger partial charge in [-0.1, -0.05) is 0 Å². The number of hydrogen-bond acceptors (Lipinski definition) is 0. The monoisotopic (exact) mass is 269 g/mol. The second-order valence-electron chi connectivity index (χ2n) is 0. The van der Waals surface area contributed by atoms with Gasteiger partial charge in [0.25, 0.3) is 0 Å². The van der Waals surface area contributed by atoms with Crippen LogP contribution in [0.1, 0.15) is 0 Å². The summed E-state index contributed by atoms with van der Waals surface area (Å²) in [6.45, 7) is 0. The Bertz CT molecular complexity index is 8.00. The summed E-state index contributed by atoms with van der Waals surface area (Å²) in [5, 5.41) is 0. The van der Waals surface area contributed by atoms with E-state index in [0.717, 1.165) is 0 Å². The summed E-state index contributed by atoms with van der Waals surface area (Å²) in [4.78, 5) is 0. The van der Waals surface area contributed by atoms with Crippen molar-refractivity contribution in [1.29, 1.82) is 0 Å². The zero-order valence-electron chi connectivity index (χ0n) is 1.47. The molecule has 1 radical (unpaired) electrons. The van der Waals surface area contributed by atoms with Crippen LogP contribution in [0.4, 0.5) is 0 Å².